The van der Waals surface area contributed by atoms with Crippen molar-refractivity contribution in [3.05, 3.63) is 107 Å². The van der Waals surface area contributed by atoms with Gasteiger partial charge in [0.25, 0.3) is 0 Å². The van der Waals surface area contributed by atoms with E-state index in [-0.39, 0.29) is 5.54 Å². The van der Waals surface area contributed by atoms with Crippen LogP contribution >= 0.6 is 0 Å². The van der Waals surface area contributed by atoms with Crippen molar-refractivity contribution in [1.29, 1.82) is 0 Å². The van der Waals surface area contributed by atoms with E-state index in [2.05, 4.69) is 89.5 Å². The van der Waals surface area contributed by atoms with Crippen LogP contribution in [0.1, 0.15) is 35.2 Å². The van der Waals surface area contributed by atoms with Crippen molar-refractivity contribution in [2.45, 2.75) is 31.3 Å². The number of hydrogen-bond acceptors (Lipinski definition) is 0. The first-order valence-electron chi connectivity index (χ1n) is 10.9. The summed E-state index contributed by atoms with van der Waals surface area (Å²) in [6, 6.07) is 31.4. The highest BCUT2D eigenvalue weighted by molar-refractivity contribution is 5.86. The van der Waals surface area contributed by atoms with Crippen LogP contribution in [0.5, 0.6) is 0 Å². The lowest BCUT2D eigenvalue weighted by Crippen LogP contribution is -3.18. The number of fused-ring (bicyclic) bond motifs is 5. The Kier molecular flexibility index (Phi) is 3.88. The van der Waals surface area contributed by atoms with E-state index in [1.807, 2.05) is 0 Å². The van der Waals surface area contributed by atoms with Crippen molar-refractivity contribution in [2.24, 2.45) is 0 Å². The van der Waals surface area contributed by atoms with Crippen LogP contribution in [-0.4, -0.2) is 17.7 Å². The third-order valence-electron chi connectivity index (χ3n) is 7.24. The van der Waals surface area contributed by atoms with Gasteiger partial charge < -0.3 is 9.47 Å². The first-order valence-corrected chi connectivity index (χ1v) is 10.9. The highest BCUT2D eigenvalue weighted by Gasteiger charge is 2.53. The van der Waals surface area contributed by atoms with Gasteiger partial charge in [-0.1, -0.05) is 78.9 Å². The standard InChI is InChI=1S/C27H26N2/c1-3-10-21(11-4-1)20-29-25-15-8-7-14-23(25)24-16-19-28-18-9-17-27(28,26(24)29)22-12-5-2-6-13-22/h1-8,10-15H,9,16-20H2/p+1/t27-/m1/s1. The topological polar surface area (TPSA) is 9.37 Å². The molecule has 1 aromatic heterocycles. The molecule has 0 amide bonds. The molecule has 0 saturated carbocycles. The first kappa shape index (κ1) is 17.1. The molecule has 1 unspecified atom stereocenters. The van der Waals surface area contributed by atoms with Crippen LogP contribution < -0.4 is 4.90 Å². The molecule has 29 heavy (non-hydrogen) atoms. The second-order valence-corrected chi connectivity index (χ2v) is 8.64. The zero-order valence-corrected chi connectivity index (χ0v) is 16.8. The Morgan fingerprint density at radius 3 is 2.34 bits per heavy atom. The molecule has 2 nitrogen and oxygen atoms in total. The van der Waals surface area contributed by atoms with Crippen molar-refractivity contribution in [3.8, 4) is 0 Å². The number of hydrogen-bond donors (Lipinski definition) is 1. The molecular weight excluding hydrogens is 352 g/mol. The van der Waals surface area contributed by atoms with Gasteiger partial charge >= 0.3 is 0 Å². The van der Waals surface area contributed by atoms with Crippen LogP contribution in [0, 0.1) is 0 Å². The number of rotatable bonds is 3. The molecule has 3 heterocycles. The quantitative estimate of drug-likeness (QED) is 0.547. The molecule has 144 valence electrons. The van der Waals surface area contributed by atoms with Crippen molar-refractivity contribution in [3.63, 3.8) is 0 Å². The van der Waals surface area contributed by atoms with E-state index in [1.54, 1.807) is 16.2 Å². The Bertz CT molecular complexity index is 1160. The minimum atomic E-state index is 0.0860. The van der Waals surface area contributed by atoms with Gasteiger partial charge in [-0.05, 0) is 17.2 Å². The average molecular weight is 380 g/mol. The van der Waals surface area contributed by atoms with E-state index >= 15 is 0 Å². The Morgan fingerprint density at radius 1 is 0.793 bits per heavy atom. The predicted molar refractivity (Wildman–Crippen MR) is 118 cm³/mol. The van der Waals surface area contributed by atoms with E-state index in [0.717, 1.165) is 6.54 Å². The third-order valence-corrected chi connectivity index (χ3v) is 7.24. The maximum atomic E-state index is 2.65. The van der Waals surface area contributed by atoms with E-state index < -0.39 is 0 Å². The Hall–Kier alpha value is -2.84. The number of benzene rings is 3. The van der Waals surface area contributed by atoms with Crippen LogP contribution in [0.3, 0.4) is 0 Å². The van der Waals surface area contributed by atoms with Gasteiger partial charge in [-0.2, -0.15) is 0 Å². The Balaban J connectivity index is 1.66. The van der Waals surface area contributed by atoms with E-state index in [4.69, 9.17) is 0 Å². The Morgan fingerprint density at radius 2 is 1.52 bits per heavy atom. The van der Waals surface area contributed by atoms with Crippen molar-refractivity contribution < 1.29 is 4.90 Å². The van der Waals surface area contributed by atoms with Crippen LogP contribution in [0.15, 0.2) is 84.9 Å². The zero-order valence-electron chi connectivity index (χ0n) is 16.8. The molecule has 2 heteroatoms. The normalized spacial score (nSPS) is 23.1. The van der Waals surface area contributed by atoms with Gasteiger partial charge in [-0.3, -0.25) is 0 Å². The number of nitrogens with zero attached hydrogens (tertiary/aromatic N) is 1. The van der Waals surface area contributed by atoms with Gasteiger partial charge in [0.05, 0.1) is 18.8 Å². The fourth-order valence-electron chi connectivity index (χ4n) is 6.11. The minimum Gasteiger partial charge on any atom is -0.334 e. The summed E-state index contributed by atoms with van der Waals surface area (Å²) in [7, 11) is 0. The van der Waals surface area contributed by atoms with Gasteiger partial charge in [-0.15, -0.1) is 0 Å². The summed E-state index contributed by atoms with van der Waals surface area (Å²) in [5, 5.41) is 1.46. The fraction of sp³-hybridized carbons (Fsp3) is 0.259. The van der Waals surface area contributed by atoms with Crippen LogP contribution in [0.2, 0.25) is 0 Å². The molecule has 1 fully saturated rings. The maximum absolute atomic E-state index is 2.65. The third kappa shape index (κ3) is 2.45. The molecule has 4 aromatic rings. The zero-order chi connectivity index (χ0) is 19.3. The van der Waals surface area contributed by atoms with Crippen LogP contribution in [0.4, 0.5) is 0 Å². The highest BCUT2D eigenvalue weighted by Crippen LogP contribution is 2.42. The summed E-state index contributed by atoms with van der Waals surface area (Å²) in [6.45, 7) is 3.46. The van der Waals surface area contributed by atoms with Gasteiger partial charge in [0, 0.05) is 42.3 Å². The first-order chi connectivity index (χ1) is 14.4. The van der Waals surface area contributed by atoms with Crippen molar-refractivity contribution in [2.75, 3.05) is 13.1 Å². The maximum Gasteiger partial charge on any atom is 0.164 e. The molecule has 1 saturated heterocycles. The van der Waals surface area contributed by atoms with Crippen molar-refractivity contribution >= 4 is 10.9 Å². The Labute approximate surface area is 172 Å². The van der Waals surface area contributed by atoms with Crippen LogP contribution in [-0.2, 0) is 18.5 Å². The molecule has 2 aliphatic heterocycles. The molecule has 1 N–H and O–H groups in total. The van der Waals surface area contributed by atoms with E-state index in [9.17, 15) is 0 Å². The molecule has 0 spiro atoms. The summed E-state index contributed by atoms with van der Waals surface area (Å²) in [6.07, 6.45) is 3.72. The van der Waals surface area contributed by atoms with E-state index in [1.165, 1.54) is 54.4 Å². The minimum absolute atomic E-state index is 0.0860. The summed E-state index contributed by atoms with van der Waals surface area (Å²) < 4.78 is 2.65. The highest BCUT2D eigenvalue weighted by atomic mass is 15.3. The predicted octanol–water partition coefficient (Wildman–Crippen LogP) is 4.17. The average Bonchev–Trinajstić information content (AvgIpc) is 3.36. The molecule has 2 aliphatic rings. The van der Waals surface area contributed by atoms with Gasteiger partial charge in [0.15, 0.2) is 5.54 Å². The lowest BCUT2D eigenvalue weighted by molar-refractivity contribution is -0.943. The second kappa shape index (κ2) is 6.60. The number of quaternary nitrogens is 1. The fourth-order valence-corrected chi connectivity index (χ4v) is 6.11. The summed E-state index contributed by atoms with van der Waals surface area (Å²) in [4.78, 5) is 1.76. The second-order valence-electron chi connectivity index (χ2n) is 8.64. The largest absolute Gasteiger partial charge is 0.334 e. The lowest BCUT2D eigenvalue weighted by Gasteiger charge is -2.41. The summed E-state index contributed by atoms with van der Waals surface area (Å²) in [5.74, 6) is 0. The molecular formula is C27H27N2+. The molecule has 6 rings (SSSR count). The van der Waals surface area contributed by atoms with E-state index in [0.29, 0.717) is 0 Å². The van der Waals surface area contributed by atoms with Gasteiger partial charge in [0.2, 0.25) is 0 Å². The molecule has 3 aromatic carbocycles. The number of para-hydroxylation sites is 1. The molecule has 0 aliphatic carbocycles. The summed E-state index contributed by atoms with van der Waals surface area (Å²) in [5.41, 5.74) is 7.51. The smallest absolute Gasteiger partial charge is 0.164 e. The molecule has 2 atom stereocenters. The molecule has 0 radical (unpaired) electrons. The van der Waals surface area contributed by atoms with Gasteiger partial charge in [-0.25, -0.2) is 0 Å². The van der Waals surface area contributed by atoms with Crippen LogP contribution in [0.25, 0.3) is 10.9 Å². The number of aromatic nitrogens is 1. The molecule has 0 bridgehead atoms. The number of nitrogens with one attached hydrogen (secondary N) is 1. The summed E-state index contributed by atoms with van der Waals surface area (Å²) >= 11 is 0. The SMILES string of the molecule is c1ccc(Cn2c3c(c4ccccc42)CC[NH+]2CCC[C@@]32c2ccccc2)cc1. The van der Waals surface area contributed by atoms with Gasteiger partial charge in [0.1, 0.15) is 0 Å². The van der Waals surface area contributed by atoms with Crippen molar-refractivity contribution in [1.82, 2.24) is 4.57 Å². The monoisotopic (exact) mass is 379 g/mol. The lowest BCUT2D eigenvalue weighted by atomic mass is 9.79.